The van der Waals surface area contributed by atoms with E-state index in [9.17, 15) is 9.59 Å². The summed E-state index contributed by atoms with van der Waals surface area (Å²) in [6.07, 6.45) is 1.62. The number of rotatable bonds is 0. The molecule has 1 unspecified atom stereocenters. The first-order valence-corrected chi connectivity index (χ1v) is 5.71. The zero-order valence-corrected chi connectivity index (χ0v) is 10.6. The average molecular weight is 245 g/mol. The van der Waals surface area contributed by atoms with E-state index < -0.39 is 18.0 Å². The van der Waals surface area contributed by atoms with Crippen molar-refractivity contribution >= 4 is 11.9 Å². The standard InChI is InChI=1S/C11H9N3O2.C2H6/c1-7-2-3-8(6-12-7)4-5-9-10(15)14-11(16)13-9;1-2/h2-3,6,9H,1H3,(H2,13,14,15,16);1-2H3. The first kappa shape index (κ1) is 13.7. The minimum absolute atomic E-state index is 0.419. The van der Waals surface area contributed by atoms with E-state index in [-0.39, 0.29) is 0 Å². The number of nitrogens with one attached hydrogen (secondary N) is 2. The van der Waals surface area contributed by atoms with Gasteiger partial charge in [0.2, 0.25) is 0 Å². The smallest absolute Gasteiger partial charge is 0.316 e. The predicted octanol–water partition coefficient (Wildman–Crippen LogP) is 0.976. The Balaban J connectivity index is 0.000000771. The minimum Gasteiger partial charge on any atom is -0.316 e. The van der Waals surface area contributed by atoms with Crippen LogP contribution in [0.4, 0.5) is 4.79 Å². The van der Waals surface area contributed by atoms with Crippen LogP contribution in [0, 0.1) is 18.8 Å². The summed E-state index contributed by atoms with van der Waals surface area (Å²) in [6, 6.07) is 2.36. The highest BCUT2D eigenvalue weighted by atomic mass is 16.2. The number of pyridine rings is 1. The van der Waals surface area contributed by atoms with E-state index in [4.69, 9.17) is 0 Å². The van der Waals surface area contributed by atoms with Crippen molar-refractivity contribution in [3.8, 4) is 11.8 Å². The van der Waals surface area contributed by atoms with Gasteiger partial charge in [-0.25, -0.2) is 4.79 Å². The van der Waals surface area contributed by atoms with Gasteiger partial charge in [-0.05, 0) is 19.1 Å². The predicted molar refractivity (Wildman–Crippen MR) is 67.7 cm³/mol. The van der Waals surface area contributed by atoms with Gasteiger partial charge in [-0.2, -0.15) is 0 Å². The summed E-state index contributed by atoms with van der Waals surface area (Å²) < 4.78 is 0. The van der Waals surface area contributed by atoms with E-state index >= 15 is 0 Å². The third-order valence-corrected chi connectivity index (χ3v) is 2.05. The normalized spacial score (nSPS) is 16.7. The lowest BCUT2D eigenvalue weighted by Gasteiger charge is -1.95. The van der Waals surface area contributed by atoms with Gasteiger partial charge in [0.25, 0.3) is 5.91 Å². The van der Waals surface area contributed by atoms with Crippen LogP contribution in [0.5, 0.6) is 0 Å². The molecule has 1 aliphatic heterocycles. The number of aryl methyl sites for hydroxylation is 1. The van der Waals surface area contributed by atoms with Crippen molar-refractivity contribution in [3.05, 3.63) is 29.6 Å². The molecule has 0 spiro atoms. The second kappa shape index (κ2) is 6.40. The van der Waals surface area contributed by atoms with Crippen molar-refractivity contribution in [2.24, 2.45) is 0 Å². The summed E-state index contributed by atoms with van der Waals surface area (Å²) in [5.74, 6) is 5.02. The molecule has 2 rings (SSSR count). The van der Waals surface area contributed by atoms with E-state index in [2.05, 4.69) is 27.5 Å². The molecule has 0 bridgehead atoms. The first-order valence-electron chi connectivity index (χ1n) is 5.71. The summed E-state index contributed by atoms with van der Waals surface area (Å²) in [4.78, 5) is 26.0. The van der Waals surface area contributed by atoms with Crippen molar-refractivity contribution in [3.63, 3.8) is 0 Å². The Labute approximate surface area is 106 Å². The van der Waals surface area contributed by atoms with E-state index in [1.807, 2.05) is 32.9 Å². The highest BCUT2D eigenvalue weighted by Gasteiger charge is 2.27. The molecule has 0 saturated carbocycles. The maximum absolute atomic E-state index is 11.1. The molecule has 0 radical (unpaired) electrons. The minimum atomic E-state index is -0.770. The molecule has 5 heteroatoms. The van der Waals surface area contributed by atoms with Gasteiger partial charge in [-0.15, -0.1) is 0 Å². The van der Waals surface area contributed by atoms with Crippen LogP contribution in [-0.4, -0.2) is 23.0 Å². The van der Waals surface area contributed by atoms with Crippen LogP contribution in [0.2, 0.25) is 0 Å². The largest absolute Gasteiger partial charge is 0.322 e. The number of carbonyl (C=O) groups excluding carboxylic acids is 2. The van der Waals surface area contributed by atoms with Crippen molar-refractivity contribution in [1.82, 2.24) is 15.6 Å². The topological polar surface area (TPSA) is 71.1 Å². The second-order valence-electron chi connectivity index (χ2n) is 3.35. The number of imide groups is 1. The lowest BCUT2D eigenvalue weighted by molar-refractivity contribution is -0.119. The Kier molecular flexibility index (Phi) is 4.88. The SMILES string of the molecule is CC.Cc1ccc(C#CC2NC(=O)NC2=O)cn1. The van der Waals surface area contributed by atoms with Crippen molar-refractivity contribution in [1.29, 1.82) is 0 Å². The van der Waals surface area contributed by atoms with Gasteiger partial charge in [0, 0.05) is 17.5 Å². The van der Waals surface area contributed by atoms with Gasteiger partial charge in [-0.1, -0.05) is 25.7 Å². The molecule has 0 aromatic carbocycles. The van der Waals surface area contributed by atoms with E-state index in [0.29, 0.717) is 5.56 Å². The number of amides is 3. The lowest BCUT2D eigenvalue weighted by atomic mass is 10.2. The zero-order chi connectivity index (χ0) is 13.5. The zero-order valence-electron chi connectivity index (χ0n) is 10.6. The fraction of sp³-hybridized carbons (Fsp3) is 0.308. The Bertz CT molecular complexity index is 497. The molecular weight excluding hydrogens is 230 g/mol. The van der Waals surface area contributed by atoms with Gasteiger partial charge in [-0.3, -0.25) is 15.1 Å². The Morgan fingerprint density at radius 1 is 1.28 bits per heavy atom. The molecule has 1 aromatic heterocycles. The molecule has 2 heterocycles. The molecule has 1 fully saturated rings. The summed E-state index contributed by atoms with van der Waals surface area (Å²) in [5.41, 5.74) is 1.61. The van der Waals surface area contributed by atoms with Gasteiger partial charge in [0.15, 0.2) is 6.04 Å². The third kappa shape index (κ3) is 3.59. The highest BCUT2D eigenvalue weighted by Crippen LogP contribution is 1.98. The highest BCUT2D eigenvalue weighted by molar-refractivity contribution is 6.05. The fourth-order valence-corrected chi connectivity index (χ4v) is 1.22. The molecule has 94 valence electrons. The molecule has 0 aliphatic carbocycles. The molecule has 3 amide bonds. The molecule has 18 heavy (non-hydrogen) atoms. The number of urea groups is 1. The molecular formula is C13H15N3O2. The number of nitrogens with zero attached hydrogens (tertiary/aromatic N) is 1. The quantitative estimate of drug-likeness (QED) is 0.528. The van der Waals surface area contributed by atoms with Crippen molar-refractivity contribution in [2.75, 3.05) is 0 Å². The van der Waals surface area contributed by atoms with Gasteiger partial charge < -0.3 is 5.32 Å². The van der Waals surface area contributed by atoms with E-state index in [1.54, 1.807) is 6.20 Å². The second-order valence-corrected chi connectivity index (χ2v) is 3.35. The van der Waals surface area contributed by atoms with Crippen LogP contribution >= 0.6 is 0 Å². The monoisotopic (exact) mass is 245 g/mol. The lowest BCUT2D eigenvalue weighted by Crippen LogP contribution is -2.26. The average Bonchev–Trinajstić information content (AvgIpc) is 2.70. The van der Waals surface area contributed by atoms with Crippen LogP contribution in [0.1, 0.15) is 25.1 Å². The molecule has 1 atom stereocenters. The summed E-state index contributed by atoms with van der Waals surface area (Å²) in [7, 11) is 0. The fourth-order valence-electron chi connectivity index (χ4n) is 1.22. The van der Waals surface area contributed by atoms with Crippen LogP contribution < -0.4 is 10.6 Å². The van der Waals surface area contributed by atoms with Gasteiger partial charge in [0.1, 0.15) is 0 Å². The maximum Gasteiger partial charge on any atom is 0.322 e. The molecule has 2 N–H and O–H groups in total. The number of hydrogen-bond donors (Lipinski definition) is 2. The molecule has 1 aliphatic rings. The molecule has 1 saturated heterocycles. The van der Waals surface area contributed by atoms with Crippen LogP contribution in [0.3, 0.4) is 0 Å². The number of carbonyl (C=O) groups is 2. The first-order chi connectivity index (χ1) is 8.65. The Morgan fingerprint density at radius 3 is 2.50 bits per heavy atom. The van der Waals surface area contributed by atoms with Crippen LogP contribution in [-0.2, 0) is 4.79 Å². The summed E-state index contributed by atoms with van der Waals surface area (Å²) in [5, 5.41) is 4.50. The maximum atomic E-state index is 11.1. The number of hydrogen-bond acceptors (Lipinski definition) is 3. The van der Waals surface area contributed by atoms with Crippen LogP contribution in [0.25, 0.3) is 0 Å². The molecule has 1 aromatic rings. The molecule has 5 nitrogen and oxygen atoms in total. The van der Waals surface area contributed by atoms with E-state index in [1.165, 1.54) is 0 Å². The van der Waals surface area contributed by atoms with E-state index in [0.717, 1.165) is 5.69 Å². The third-order valence-electron chi connectivity index (χ3n) is 2.05. The Morgan fingerprint density at radius 2 is 2.00 bits per heavy atom. The summed E-state index contributed by atoms with van der Waals surface area (Å²) >= 11 is 0. The van der Waals surface area contributed by atoms with Crippen molar-refractivity contribution < 1.29 is 9.59 Å². The van der Waals surface area contributed by atoms with Gasteiger partial charge >= 0.3 is 6.03 Å². The van der Waals surface area contributed by atoms with Crippen LogP contribution in [0.15, 0.2) is 18.3 Å². The number of aromatic nitrogens is 1. The summed E-state index contributed by atoms with van der Waals surface area (Å²) in [6.45, 7) is 5.88. The Hall–Kier alpha value is -2.35. The van der Waals surface area contributed by atoms with Gasteiger partial charge in [0.05, 0.1) is 0 Å². The van der Waals surface area contributed by atoms with Crippen molar-refractivity contribution in [2.45, 2.75) is 26.8 Å².